The Kier molecular flexibility index (Phi) is 6.75. The van der Waals surface area contributed by atoms with Gasteiger partial charge < -0.3 is 19.9 Å². The van der Waals surface area contributed by atoms with Crippen LogP contribution in [-0.2, 0) is 16.0 Å². The average Bonchev–Trinajstić information content (AvgIpc) is 3.22. The molecule has 164 valence electrons. The smallest absolute Gasteiger partial charge is 0.229 e. The van der Waals surface area contributed by atoms with Crippen LogP contribution < -0.4 is 15.0 Å². The Morgan fingerprint density at radius 3 is 2.77 bits per heavy atom. The summed E-state index contributed by atoms with van der Waals surface area (Å²) < 4.78 is 5.64. The number of benzene rings is 2. The molecule has 0 bridgehead atoms. The zero-order valence-corrected chi connectivity index (χ0v) is 18.2. The molecule has 0 spiro atoms. The molecule has 2 aromatic rings. The normalized spacial score (nSPS) is 17.9. The van der Waals surface area contributed by atoms with Crippen molar-refractivity contribution in [2.45, 2.75) is 32.6 Å². The van der Waals surface area contributed by atoms with Gasteiger partial charge in [0.1, 0.15) is 5.75 Å². The molecule has 0 aliphatic carbocycles. The molecule has 31 heavy (non-hydrogen) atoms. The topological polar surface area (TPSA) is 61.9 Å². The van der Waals surface area contributed by atoms with Crippen LogP contribution in [0.4, 0.5) is 11.4 Å². The van der Waals surface area contributed by atoms with Crippen LogP contribution in [0.3, 0.4) is 0 Å². The number of anilines is 2. The molecule has 1 saturated heterocycles. The number of nitrogens with zero attached hydrogens (tertiary/aromatic N) is 2. The third-order valence-corrected chi connectivity index (χ3v) is 6.20. The highest BCUT2D eigenvalue weighted by Gasteiger charge is 2.28. The third kappa shape index (κ3) is 5.19. The number of para-hydroxylation sites is 1. The summed E-state index contributed by atoms with van der Waals surface area (Å²) in [4.78, 5) is 29.7. The number of rotatable bonds is 7. The summed E-state index contributed by atoms with van der Waals surface area (Å²) in [5, 5.41) is 3.08. The van der Waals surface area contributed by atoms with Crippen LogP contribution in [0.25, 0.3) is 0 Å². The molecule has 2 aromatic carbocycles. The highest BCUT2D eigenvalue weighted by atomic mass is 16.5. The van der Waals surface area contributed by atoms with Crippen molar-refractivity contribution in [2.24, 2.45) is 5.92 Å². The van der Waals surface area contributed by atoms with Gasteiger partial charge in [0.05, 0.1) is 18.9 Å². The molecule has 1 unspecified atom stereocenters. The molecule has 1 atom stereocenters. The summed E-state index contributed by atoms with van der Waals surface area (Å²) >= 11 is 0. The fourth-order valence-electron chi connectivity index (χ4n) is 4.44. The van der Waals surface area contributed by atoms with Crippen molar-refractivity contribution in [2.75, 3.05) is 43.0 Å². The Bertz CT molecular complexity index is 915. The number of likely N-dealkylation sites (tertiary alicyclic amines) is 1. The summed E-state index contributed by atoms with van der Waals surface area (Å²) in [5.41, 5.74) is 3.40. The predicted octanol–water partition coefficient (Wildman–Crippen LogP) is 3.72. The van der Waals surface area contributed by atoms with Gasteiger partial charge in [-0.1, -0.05) is 24.3 Å². The third-order valence-electron chi connectivity index (χ3n) is 6.20. The summed E-state index contributed by atoms with van der Waals surface area (Å²) in [6, 6.07) is 15.7. The van der Waals surface area contributed by atoms with E-state index >= 15 is 0 Å². The highest BCUT2D eigenvalue weighted by Crippen LogP contribution is 2.31. The Balaban J connectivity index is 1.29. The van der Waals surface area contributed by atoms with Crippen LogP contribution >= 0.6 is 0 Å². The lowest BCUT2D eigenvalue weighted by Gasteiger charge is -2.32. The van der Waals surface area contributed by atoms with Crippen molar-refractivity contribution in [3.8, 4) is 5.75 Å². The Labute approximate surface area is 184 Å². The standard InChI is InChI=1S/C25H31N3O3/c1-2-27-15-12-19-10-11-21(17-23(19)27)26-25(30)20-7-6-14-28(18-20)24(29)13-16-31-22-8-4-3-5-9-22/h3-5,8-11,17,20H,2,6-7,12-16,18H2,1H3,(H,26,30). The van der Waals surface area contributed by atoms with Crippen LogP contribution in [0.2, 0.25) is 0 Å². The minimum Gasteiger partial charge on any atom is -0.493 e. The number of fused-ring (bicyclic) bond motifs is 1. The molecule has 2 aliphatic rings. The molecule has 0 radical (unpaired) electrons. The first-order valence-corrected chi connectivity index (χ1v) is 11.3. The highest BCUT2D eigenvalue weighted by molar-refractivity contribution is 5.94. The van der Waals surface area contributed by atoms with Crippen LogP contribution in [0.1, 0.15) is 31.7 Å². The van der Waals surface area contributed by atoms with Gasteiger partial charge in [-0.2, -0.15) is 0 Å². The molecule has 0 saturated carbocycles. The second-order valence-electron chi connectivity index (χ2n) is 8.25. The number of hydrogen-bond acceptors (Lipinski definition) is 4. The molecule has 4 rings (SSSR count). The molecule has 6 nitrogen and oxygen atoms in total. The van der Waals surface area contributed by atoms with E-state index in [1.54, 1.807) is 0 Å². The van der Waals surface area contributed by atoms with Crippen molar-refractivity contribution in [3.05, 3.63) is 54.1 Å². The maximum absolute atomic E-state index is 12.9. The summed E-state index contributed by atoms with van der Waals surface area (Å²) in [7, 11) is 0. The van der Waals surface area contributed by atoms with E-state index in [1.807, 2.05) is 41.3 Å². The summed E-state index contributed by atoms with van der Waals surface area (Å²) in [6.07, 6.45) is 3.03. The lowest BCUT2D eigenvalue weighted by molar-refractivity contribution is -0.135. The molecule has 6 heteroatoms. The molecular formula is C25H31N3O3. The fraction of sp³-hybridized carbons (Fsp3) is 0.440. The van der Waals surface area contributed by atoms with E-state index in [2.05, 4.69) is 29.3 Å². The summed E-state index contributed by atoms with van der Waals surface area (Å²) in [6.45, 7) is 5.69. The lowest BCUT2D eigenvalue weighted by Crippen LogP contribution is -2.44. The minimum absolute atomic E-state index is 0.000897. The van der Waals surface area contributed by atoms with Crippen LogP contribution in [-0.4, -0.2) is 49.5 Å². The van der Waals surface area contributed by atoms with E-state index in [0.29, 0.717) is 26.1 Å². The fourth-order valence-corrected chi connectivity index (χ4v) is 4.44. The molecular weight excluding hydrogens is 390 g/mol. The number of ether oxygens (including phenoxy) is 1. The van der Waals surface area contributed by atoms with Gasteiger partial charge in [0.2, 0.25) is 11.8 Å². The quantitative estimate of drug-likeness (QED) is 0.740. The van der Waals surface area contributed by atoms with Gasteiger partial charge in [-0.05, 0) is 56.0 Å². The second kappa shape index (κ2) is 9.86. The molecule has 2 heterocycles. The largest absolute Gasteiger partial charge is 0.493 e. The molecule has 2 aliphatic heterocycles. The van der Waals surface area contributed by atoms with Gasteiger partial charge >= 0.3 is 0 Å². The monoisotopic (exact) mass is 421 g/mol. The van der Waals surface area contributed by atoms with Crippen molar-refractivity contribution in [1.82, 2.24) is 4.90 Å². The molecule has 0 aromatic heterocycles. The number of amides is 2. The SMILES string of the molecule is CCN1CCc2ccc(NC(=O)C3CCCN(C(=O)CCOc4ccccc4)C3)cc21. The number of likely N-dealkylation sites (N-methyl/N-ethyl adjacent to an activating group) is 1. The minimum atomic E-state index is -0.178. The first kappa shape index (κ1) is 21.2. The maximum atomic E-state index is 12.9. The van der Waals surface area contributed by atoms with E-state index in [4.69, 9.17) is 4.74 Å². The maximum Gasteiger partial charge on any atom is 0.229 e. The number of hydrogen-bond donors (Lipinski definition) is 1. The molecule has 1 N–H and O–H groups in total. The zero-order chi connectivity index (χ0) is 21.6. The van der Waals surface area contributed by atoms with Gasteiger partial charge in [0, 0.05) is 37.6 Å². The number of carbonyl (C=O) groups is 2. The van der Waals surface area contributed by atoms with Crippen molar-refractivity contribution in [3.63, 3.8) is 0 Å². The van der Waals surface area contributed by atoms with Gasteiger partial charge in [0.15, 0.2) is 0 Å². The van der Waals surface area contributed by atoms with Crippen molar-refractivity contribution < 1.29 is 14.3 Å². The summed E-state index contributed by atoms with van der Waals surface area (Å²) in [5.74, 6) is 0.633. The first-order chi connectivity index (χ1) is 15.1. The van der Waals surface area contributed by atoms with E-state index in [0.717, 1.165) is 43.8 Å². The lowest BCUT2D eigenvalue weighted by atomic mass is 9.96. The van der Waals surface area contributed by atoms with E-state index in [1.165, 1.54) is 11.3 Å². The van der Waals surface area contributed by atoms with E-state index < -0.39 is 0 Å². The average molecular weight is 422 g/mol. The van der Waals surface area contributed by atoms with Crippen LogP contribution in [0, 0.1) is 5.92 Å². The zero-order valence-electron chi connectivity index (χ0n) is 18.2. The first-order valence-electron chi connectivity index (χ1n) is 11.3. The van der Waals surface area contributed by atoms with Crippen LogP contribution in [0.5, 0.6) is 5.75 Å². The van der Waals surface area contributed by atoms with Gasteiger partial charge in [-0.25, -0.2) is 0 Å². The predicted molar refractivity (Wildman–Crippen MR) is 123 cm³/mol. The van der Waals surface area contributed by atoms with Crippen molar-refractivity contribution >= 4 is 23.2 Å². The number of carbonyl (C=O) groups excluding carboxylic acids is 2. The molecule has 2 amide bonds. The number of piperidine rings is 1. The van der Waals surface area contributed by atoms with Gasteiger partial charge in [-0.15, -0.1) is 0 Å². The second-order valence-corrected chi connectivity index (χ2v) is 8.25. The van der Waals surface area contributed by atoms with E-state index in [-0.39, 0.29) is 17.7 Å². The van der Waals surface area contributed by atoms with E-state index in [9.17, 15) is 9.59 Å². The Morgan fingerprint density at radius 1 is 1.13 bits per heavy atom. The van der Waals surface area contributed by atoms with Crippen LogP contribution in [0.15, 0.2) is 48.5 Å². The number of nitrogens with one attached hydrogen (secondary N) is 1. The van der Waals surface area contributed by atoms with Gasteiger partial charge in [0.25, 0.3) is 0 Å². The molecule has 1 fully saturated rings. The Hall–Kier alpha value is -3.02. The van der Waals surface area contributed by atoms with Gasteiger partial charge in [-0.3, -0.25) is 9.59 Å². The van der Waals surface area contributed by atoms with Crippen molar-refractivity contribution in [1.29, 1.82) is 0 Å². The Morgan fingerprint density at radius 2 is 1.97 bits per heavy atom.